The van der Waals surface area contributed by atoms with Gasteiger partial charge < -0.3 is 10.3 Å². The van der Waals surface area contributed by atoms with E-state index in [0.717, 1.165) is 58.9 Å². The predicted octanol–water partition coefficient (Wildman–Crippen LogP) is 3.61. The fourth-order valence-electron chi connectivity index (χ4n) is 4.05. The monoisotopic (exact) mass is 344 g/mol. The Labute approximate surface area is 151 Å². The van der Waals surface area contributed by atoms with E-state index >= 15 is 0 Å². The zero-order chi connectivity index (χ0) is 17.7. The van der Waals surface area contributed by atoms with Crippen LogP contribution in [-0.4, -0.2) is 27.4 Å². The van der Waals surface area contributed by atoms with Crippen LogP contribution in [0.1, 0.15) is 41.0 Å². The SMILES string of the molecule is Cc1ccc(-c2cc(-c3cc4c([nH]3)C3(CCC3)CNC4=O)ccn2)cn1. The van der Waals surface area contributed by atoms with Crippen molar-refractivity contribution in [1.82, 2.24) is 20.3 Å². The average molecular weight is 344 g/mol. The van der Waals surface area contributed by atoms with Gasteiger partial charge in [0.1, 0.15) is 0 Å². The van der Waals surface area contributed by atoms with Crippen LogP contribution in [0.2, 0.25) is 0 Å². The molecule has 26 heavy (non-hydrogen) atoms. The zero-order valence-electron chi connectivity index (χ0n) is 14.7. The van der Waals surface area contributed by atoms with Crippen LogP contribution in [0.15, 0.2) is 42.7 Å². The number of fused-ring (bicyclic) bond motifs is 2. The lowest BCUT2D eigenvalue weighted by atomic mass is 9.64. The summed E-state index contributed by atoms with van der Waals surface area (Å²) >= 11 is 0. The molecular formula is C21H20N4O. The zero-order valence-corrected chi connectivity index (χ0v) is 14.7. The number of carbonyl (C=O) groups is 1. The van der Waals surface area contributed by atoms with E-state index in [9.17, 15) is 4.79 Å². The van der Waals surface area contributed by atoms with Crippen molar-refractivity contribution in [2.75, 3.05) is 6.54 Å². The van der Waals surface area contributed by atoms with E-state index in [-0.39, 0.29) is 11.3 Å². The van der Waals surface area contributed by atoms with Crippen LogP contribution in [-0.2, 0) is 5.41 Å². The van der Waals surface area contributed by atoms with E-state index in [1.807, 2.05) is 43.6 Å². The van der Waals surface area contributed by atoms with Gasteiger partial charge in [-0.2, -0.15) is 0 Å². The van der Waals surface area contributed by atoms with Crippen molar-refractivity contribution in [1.29, 1.82) is 0 Å². The molecule has 3 aromatic heterocycles. The van der Waals surface area contributed by atoms with Gasteiger partial charge >= 0.3 is 0 Å². The molecule has 5 nitrogen and oxygen atoms in total. The molecule has 2 aliphatic rings. The molecule has 3 aromatic rings. The number of amides is 1. The fraction of sp³-hybridized carbons (Fsp3) is 0.286. The normalized spacial score (nSPS) is 17.5. The van der Waals surface area contributed by atoms with Gasteiger partial charge in [0.15, 0.2) is 0 Å². The van der Waals surface area contributed by atoms with Gasteiger partial charge in [-0.25, -0.2) is 0 Å². The summed E-state index contributed by atoms with van der Waals surface area (Å²) < 4.78 is 0. The Hall–Kier alpha value is -2.95. The molecule has 0 unspecified atom stereocenters. The maximum atomic E-state index is 12.3. The minimum atomic E-state index is 0.0250. The molecule has 1 fully saturated rings. The largest absolute Gasteiger partial charge is 0.357 e. The van der Waals surface area contributed by atoms with Gasteiger partial charge in [-0.3, -0.25) is 14.8 Å². The molecule has 1 spiro atoms. The van der Waals surface area contributed by atoms with E-state index < -0.39 is 0 Å². The van der Waals surface area contributed by atoms with Crippen molar-refractivity contribution in [2.45, 2.75) is 31.6 Å². The number of aryl methyl sites for hydroxylation is 1. The molecule has 1 aliphatic carbocycles. The predicted molar refractivity (Wildman–Crippen MR) is 99.9 cm³/mol. The first-order chi connectivity index (χ1) is 12.6. The summed E-state index contributed by atoms with van der Waals surface area (Å²) in [7, 11) is 0. The Bertz CT molecular complexity index is 999. The standard InChI is InChI=1S/C21H20N4O/c1-13-3-4-15(11-23-13)17-9-14(5-8-22-17)18-10-16-19(25-18)21(6-2-7-21)12-24-20(16)26/h3-5,8-11,25H,2,6-7,12H2,1H3,(H,24,26). The van der Waals surface area contributed by atoms with Crippen molar-refractivity contribution in [3.05, 3.63) is 59.7 Å². The summed E-state index contributed by atoms with van der Waals surface area (Å²) in [6.07, 6.45) is 7.15. The Balaban J connectivity index is 1.57. The summed E-state index contributed by atoms with van der Waals surface area (Å²) in [6.45, 7) is 2.72. The number of nitrogens with one attached hydrogen (secondary N) is 2. The number of hydrogen-bond acceptors (Lipinski definition) is 3. The molecule has 0 aromatic carbocycles. The highest BCUT2D eigenvalue weighted by atomic mass is 16.1. The summed E-state index contributed by atoms with van der Waals surface area (Å²) in [6, 6.07) is 10.0. The Morgan fingerprint density at radius 3 is 2.69 bits per heavy atom. The number of H-pyrrole nitrogens is 1. The summed E-state index contributed by atoms with van der Waals surface area (Å²) in [5.41, 5.74) is 6.87. The molecule has 2 N–H and O–H groups in total. The highest BCUT2D eigenvalue weighted by Crippen LogP contribution is 2.46. The minimum absolute atomic E-state index is 0.0250. The van der Waals surface area contributed by atoms with Crippen molar-refractivity contribution in [3.63, 3.8) is 0 Å². The topological polar surface area (TPSA) is 70.7 Å². The molecule has 1 aliphatic heterocycles. The third-order valence-corrected chi connectivity index (χ3v) is 5.77. The van der Waals surface area contributed by atoms with Crippen LogP contribution in [0, 0.1) is 6.92 Å². The molecule has 0 bridgehead atoms. The van der Waals surface area contributed by atoms with Crippen molar-refractivity contribution in [3.8, 4) is 22.5 Å². The van der Waals surface area contributed by atoms with Crippen LogP contribution in [0.25, 0.3) is 22.5 Å². The van der Waals surface area contributed by atoms with Gasteiger partial charge in [0, 0.05) is 52.6 Å². The second-order valence-corrected chi connectivity index (χ2v) is 7.41. The third-order valence-electron chi connectivity index (χ3n) is 5.77. The van der Waals surface area contributed by atoms with E-state index in [1.165, 1.54) is 6.42 Å². The smallest absolute Gasteiger partial charge is 0.253 e. The van der Waals surface area contributed by atoms with Gasteiger partial charge in [-0.15, -0.1) is 0 Å². The quantitative estimate of drug-likeness (QED) is 0.746. The van der Waals surface area contributed by atoms with Gasteiger partial charge in [0.05, 0.1) is 11.3 Å². The molecule has 5 rings (SSSR count). The lowest BCUT2D eigenvalue weighted by Gasteiger charge is -2.44. The maximum Gasteiger partial charge on any atom is 0.253 e. The molecule has 4 heterocycles. The number of carbonyl (C=O) groups excluding carboxylic acids is 1. The first kappa shape index (κ1) is 15.3. The number of pyridine rings is 2. The Morgan fingerprint density at radius 2 is 1.96 bits per heavy atom. The fourth-order valence-corrected chi connectivity index (χ4v) is 4.05. The van der Waals surface area contributed by atoms with Gasteiger partial charge in [-0.1, -0.05) is 6.42 Å². The number of rotatable bonds is 2. The van der Waals surface area contributed by atoms with E-state index in [1.54, 1.807) is 0 Å². The highest BCUT2D eigenvalue weighted by molar-refractivity contribution is 5.98. The van der Waals surface area contributed by atoms with Crippen molar-refractivity contribution >= 4 is 5.91 Å². The number of aromatic amines is 1. The molecule has 0 radical (unpaired) electrons. The number of hydrogen-bond donors (Lipinski definition) is 2. The second-order valence-electron chi connectivity index (χ2n) is 7.41. The highest BCUT2D eigenvalue weighted by Gasteiger charge is 2.45. The average Bonchev–Trinajstić information content (AvgIpc) is 3.08. The first-order valence-electron chi connectivity index (χ1n) is 9.06. The Kier molecular flexibility index (Phi) is 3.26. The molecule has 0 atom stereocenters. The van der Waals surface area contributed by atoms with Crippen molar-refractivity contribution in [2.24, 2.45) is 0 Å². The van der Waals surface area contributed by atoms with Crippen LogP contribution in [0.3, 0.4) is 0 Å². The van der Waals surface area contributed by atoms with Crippen LogP contribution >= 0.6 is 0 Å². The number of aromatic nitrogens is 3. The molecule has 5 heteroatoms. The lowest BCUT2D eigenvalue weighted by molar-refractivity contribution is 0.0893. The second kappa shape index (κ2) is 5.53. The lowest BCUT2D eigenvalue weighted by Crippen LogP contribution is -2.50. The van der Waals surface area contributed by atoms with Crippen molar-refractivity contribution < 1.29 is 4.79 Å². The number of nitrogens with zero attached hydrogens (tertiary/aromatic N) is 2. The van der Waals surface area contributed by atoms with Crippen LogP contribution in [0.4, 0.5) is 0 Å². The summed E-state index contributed by atoms with van der Waals surface area (Å²) in [4.78, 5) is 24.7. The summed E-state index contributed by atoms with van der Waals surface area (Å²) in [5.74, 6) is 0.0250. The van der Waals surface area contributed by atoms with Crippen LogP contribution < -0.4 is 5.32 Å². The van der Waals surface area contributed by atoms with Gasteiger partial charge in [-0.05, 0) is 50.1 Å². The molecule has 0 saturated heterocycles. The molecule has 1 saturated carbocycles. The molecule has 1 amide bonds. The first-order valence-corrected chi connectivity index (χ1v) is 9.06. The van der Waals surface area contributed by atoms with E-state index in [4.69, 9.17) is 0 Å². The van der Waals surface area contributed by atoms with E-state index in [0.29, 0.717) is 0 Å². The van der Waals surface area contributed by atoms with Gasteiger partial charge in [0.25, 0.3) is 5.91 Å². The third kappa shape index (κ3) is 2.27. The summed E-state index contributed by atoms with van der Waals surface area (Å²) in [5, 5.41) is 3.06. The van der Waals surface area contributed by atoms with Crippen LogP contribution in [0.5, 0.6) is 0 Å². The maximum absolute atomic E-state index is 12.3. The molecular weight excluding hydrogens is 324 g/mol. The molecule has 130 valence electrons. The Morgan fingerprint density at radius 1 is 1.08 bits per heavy atom. The minimum Gasteiger partial charge on any atom is -0.357 e. The van der Waals surface area contributed by atoms with Gasteiger partial charge in [0.2, 0.25) is 0 Å². The van der Waals surface area contributed by atoms with E-state index in [2.05, 4.69) is 26.3 Å².